The maximum Gasteiger partial charge on any atom is 0.123 e. The molecule has 0 atom stereocenters. The molecule has 0 amide bonds. The number of rotatable bonds is 6. The second-order valence-corrected chi connectivity index (χ2v) is 7.33. The second-order valence-electron chi connectivity index (χ2n) is 7.33. The van der Waals surface area contributed by atoms with Crippen LogP contribution in [0.2, 0.25) is 0 Å². The standard InChI is InChI=1S/C24H28N2O2/c1-25(2)19-10-6-17(7-11-19)24(18-8-12-20(13-9-18)26(3)4)22-15-14-21(28-5)16-23(22)27/h6-16,24,27H,1-5H3. The molecule has 3 rings (SSSR count). The molecule has 0 aromatic heterocycles. The molecule has 4 nitrogen and oxygen atoms in total. The van der Waals surface area contributed by atoms with E-state index in [9.17, 15) is 5.11 Å². The van der Waals surface area contributed by atoms with E-state index in [0.29, 0.717) is 5.75 Å². The van der Waals surface area contributed by atoms with Crippen LogP contribution in [-0.2, 0) is 0 Å². The van der Waals surface area contributed by atoms with Crippen molar-refractivity contribution < 1.29 is 9.84 Å². The summed E-state index contributed by atoms with van der Waals surface area (Å²) in [6.45, 7) is 0. The largest absolute Gasteiger partial charge is 0.507 e. The van der Waals surface area contributed by atoms with Crippen LogP contribution in [0.15, 0.2) is 66.7 Å². The van der Waals surface area contributed by atoms with Crippen molar-refractivity contribution in [3.63, 3.8) is 0 Å². The van der Waals surface area contributed by atoms with Crippen molar-refractivity contribution in [2.45, 2.75) is 5.92 Å². The van der Waals surface area contributed by atoms with Gasteiger partial charge in [-0.15, -0.1) is 0 Å². The molecule has 28 heavy (non-hydrogen) atoms. The first-order valence-corrected chi connectivity index (χ1v) is 9.32. The Balaban J connectivity index is 2.10. The lowest BCUT2D eigenvalue weighted by molar-refractivity contribution is 0.406. The van der Waals surface area contributed by atoms with E-state index < -0.39 is 0 Å². The minimum absolute atomic E-state index is 0.0710. The topological polar surface area (TPSA) is 35.9 Å². The zero-order chi connectivity index (χ0) is 20.3. The number of benzene rings is 3. The van der Waals surface area contributed by atoms with Crippen LogP contribution in [0.5, 0.6) is 11.5 Å². The van der Waals surface area contributed by atoms with Crippen molar-refractivity contribution in [3.05, 3.63) is 83.4 Å². The van der Waals surface area contributed by atoms with Crippen molar-refractivity contribution >= 4 is 11.4 Å². The maximum absolute atomic E-state index is 10.7. The normalized spacial score (nSPS) is 10.8. The molecular weight excluding hydrogens is 348 g/mol. The molecule has 0 fully saturated rings. The van der Waals surface area contributed by atoms with E-state index in [1.165, 1.54) is 0 Å². The highest BCUT2D eigenvalue weighted by Crippen LogP contribution is 2.39. The number of aromatic hydroxyl groups is 1. The SMILES string of the molecule is COc1ccc(C(c2ccc(N(C)C)cc2)c2ccc(N(C)C)cc2)c(O)c1. The van der Waals surface area contributed by atoms with Gasteiger partial charge in [-0.1, -0.05) is 30.3 Å². The summed E-state index contributed by atoms with van der Waals surface area (Å²) in [6, 6.07) is 22.5. The molecule has 0 saturated heterocycles. The molecule has 0 aliphatic rings. The molecule has 0 spiro atoms. The van der Waals surface area contributed by atoms with Gasteiger partial charge in [0.1, 0.15) is 11.5 Å². The van der Waals surface area contributed by atoms with Crippen LogP contribution < -0.4 is 14.5 Å². The molecule has 0 unspecified atom stereocenters. The number of hydrogen-bond acceptors (Lipinski definition) is 4. The van der Waals surface area contributed by atoms with Crippen LogP contribution in [0.1, 0.15) is 22.6 Å². The highest BCUT2D eigenvalue weighted by atomic mass is 16.5. The molecule has 3 aromatic rings. The third-order valence-corrected chi connectivity index (χ3v) is 5.03. The Morgan fingerprint density at radius 1 is 0.714 bits per heavy atom. The maximum atomic E-state index is 10.7. The highest BCUT2D eigenvalue weighted by molar-refractivity contribution is 5.56. The average molecular weight is 377 g/mol. The van der Waals surface area contributed by atoms with Gasteiger partial charge in [0.05, 0.1) is 7.11 Å². The Bertz CT molecular complexity index is 865. The van der Waals surface area contributed by atoms with Gasteiger partial charge in [0.25, 0.3) is 0 Å². The smallest absolute Gasteiger partial charge is 0.123 e. The third-order valence-electron chi connectivity index (χ3n) is 5.03. The third kappa shape index (κ3) is 4.06. The molecular formula is C24H28N2O2. The minimum atomic E-state index is -0.0710. The fourth-order valence-electron chi connectivity index (χ4n) is 3.38. The quantitative estimate of drug-likeness (QED) is 0.632. The number of hydrogen-bond donors (Lipinski definition) is 1. The molecule has 4 heteroatoms. The summed E-state index contributed by atoms with van der Waals surface area (Å²) in [5.74, 6) is 0.807. The lowest BCUT2D eigenvalue weighted by Gasteiger charge is -2.22. The summed E-state index contributed by atoms with van der Waals surface area (Å²) in [6.07, 6.45) is 0. The fraction of sp³-hybridized carbons (Fsp3) is 0.250. The monoisotopic (exact) mass is 376 g/mol. The minimum Gasteiger partial charge on any atom is -0.507 e. The van der Waals surface area contributed by atoms with E-state index in [1.807, 2.05) is 40.3 Å². The van der Waals surface area contributed by atoms with Crippen LogP contribution in [0.4, 0.5) is 11.4 Å². The van der Waals surface area contributed by atoms with Gasteiger partial charge in [0.15, 0.2) is 0 Å². The molecule has 0 heterocycles. The molecule has 0 aliphatic heterocycles. The van der Waals surface area contributed by atoms with Gasteiger partial charge in [-0.05, 0) is 41.5 Å². The predicted molar refractivity (Wildman–Crippen MR) is 117 cm³/mol. The first-order chi connectivity index (χ1) is 13.4. The van der Waals surface area contributed by atoms with E-state index in [2.05, 4.69) is 58.3 Å². The zero-order valence-electron chi connectivity index (χ0n) is 17.2. The number of nitrogens with zero attached hydrogens (tertiary/aromatic N) is 2. The number of methoxy groups -OCH3 is 1. The Hall–Kier alpha value is -3.14. The van der Waals surface area contributed by atoms with Crippen LogP contribution in [0.25, 0.3) is 0 Å². The molecule has 0 saturated carbocycles. The van der Waals surface area contributed by atoms with Crippen molar-refractivity contribution in [1.82, 2.24) is 0 Å². The Morgan fingerprint density at radius 3 is 1.54 bits per heavy atom. The summed E-state index contributed by atoms with van der Waals surface area (Å²) in [5.41, 5.74) is 5.40. The predicted octanol–water partition coefficient (Wildman–Crippen LogP) is 4.71. The van der Waals surface area contributed by atoms with Crippen LogP contribution >= 0.6 is 0 Å². The summed E-state index contributed by atoms with van der Waals surface area (Å²) >= 11 is 0. The van der Waals surface area contributed by atoms with Gasteiger partial charge in [-0.2, -0.15) is 0 Å². The fourth-order valence-corrected chi connectivity index (χ4v) is 3.38. The Morgan fingerprint density at radius 2 is 1.18 bits per heavy atom. The van der Waals surface area contributed by atoms with Crippen molar-refractivity contribution in [2.24, 2.45) is 0 Å². The van der Waals surface area contributed by atoms with E-state index >= 15 is 0 Å². The van der Waals surface area contributed by atoms with E-state index in [-0.39, 0.29) is 11.7 Å². The van der Waals surface area contributed by atoms with Gasteiger partial charge in [-0.25, -0.2) is 0 Å². The average Bonchev–Trinajstić information content (AvgIpc) is 2.70. The van der Waals surface area contributed by atoms with Crippen molar-refractivity contribution in [3.8, 4) is 11.5 Å². The summed E-state index contributed by atoms with van der Waals surface area (Å²) < 4.78 is 5.25. The molecule has 146 valence electrons. The Kier molecular flexibility index (Phi) is 5.78. The van der Waals surface area contributed by atoms with Gasteiger partial charge in [0.2, 0.25) is 0 Å². The number of phenolic OH excluding ortho intramolecular Hbond substituents is 1. The molecule has 3 aromatic carbocycles. The zero-order valence-corrected chi connectivity index (χ0v) is 17.2. The van der Waals surface area contributed by atoms with Crippen LogP contribution in [-0.4, -0.2) is 40.4 Å². The lowest BCUT2D eigenvalue weighted by atomic mass is 9.84. The van der Waals surface area contributed by atoms with Gasteiger partial charge in [0, 0.05) is 57.1 Å². The Labute approximate surface area is 167 Å². The second kappa shape index (κ2) is 8.26. The molecule has 1 N–H and O–H groups in total. The van der Waals surface area contributed by atoms with Crippen molar-refractivity contribution in [2.75, 3.05) is 45.1 Å². The first kappa shape index (κ1) is 19.6. The highest BCUT2D eigenvalue weighted by Gasteiger charge is 2.21. The van der Waals surface area contributed by atoms with Gasteiger partial charge >= 0.3 is 0 Å². The summed E-state index contributed by atoms with van der Waals surface area (Å²) in [7, 11) is 9.72. The van der Waals surface area contributed by atoms with E-state index in [4.69, 9.17) is 4.74 Å². The molecule has 0 aliphatic carbocycles. The van der Waals surface area contributed by atoms with Crippen LogP contribution in [0.3, 0.4) is 0 Å². The summed E-state index contributed by atoms with van der Waals surface area (Å²) in [5, 5.41) is 10.7. The molecule has 0 radical (unpaired) electrons. The lowest BCUT2D eigenvalue weighted by Crippen LogP contribution is -2.10. The van der Waals surface area contributed by atoms with Gasteiger partial charge < -0.3 is 19.6 Å². The molecule has 0 bridgehead atoms. The summed E-state index contributed by atoms with van der Waals surface area (Å²) in [4.78, 5) is 4.16. The first-order valence-electron chi connectivity index (χ1n) is 9.32. The van der Waals surface area contributed by atoms with E-state index in [1.54, 1.807) is 13.2 Å². The van der Waals surface area contributed by atoms with E-state index in [0.717, 1.165) is 28.1 Å². The van der Waals surface area contributed by atoms with Crippen LogP contribution in [0, 0.1) is 0 Å². The number of anilines is 2. The van der Waals surface area contributed by atoms with Crippen molar-refractivity contribution in [1.29, 1.82) is 0 Å². The number of phenols is 1. The number of ether oxygens (including phenoxy) is 1. The van der Waals surface area contributed by atoms with Gasteiger partial charge in [-0.3, -0.25) is 0 Å².